The van der Waals surface area contributed by atoms with Crippen molar-refractivity contribution >= 4 is 27.8 Å². The number of hydrogen-bond donors (Lipinski definition) is 2. The molecule has 4 heteroatoms. The van der Waals surface area contributed by atoms with Gasteiger partial charge in [-0.3, -0.25) is 4.79 Å². The Morgan fingerprint density at radius 1 is 1.41 bits per heavy atom. The van der Waals surface area contributed by atoms with E-state index in [0.29, 0.717) is 16.6 Å². The Labute approximate surface area is 107 Å². The van der Waals surface area contributed by atoms with Gasteiger partial charge < -0.3 is 11.1 Å². The average Bonchev–Trinajstić information content (AvgIpc) is 2.65. The minimum atomic E-state index is -0.00283. The van der Waals surface area contributed by atoms with Crippen LogP contribution in [0.1, 0.15) is 50.2 Å². The Bertz CT molecular complexity index is 381. The lowest BCUT2D eigenvalue weighted by Crippen LogP contribution is -2.15. The van der Waals surface area contributed by atoms with Gasteiger partial charge in [0.1, 0.15) is 0 Å². The molecule has 96 valence electrons. The highest BCUT2D eigenvalue weighted by Gasteiger charge is 2.18. The molecule has 0 aliphatic heterocycles. The Hall–Kier alpha value is -1.03. The van der Waals surface area contributed by atoms with E-state index >= 15 is 0 Å². The quantitative estimate of drug-likeness (QED) is 0.760. The zero-order chi connectivity index (χ0) is 13.0. The van der Waals surface area contributed by atoms with Crippen LogP contribution >= 0.6 is 11.3 Å². The van der Waals surface area contributed by atoms with Crippen molar-refractivity contribution in [3.8, 4) is 0 Å². The van der Waals surface area contributed by atoms with Gasteiger partial charge in [0.05, 0.1) is 15.6 Å². The summed E-state index contributed by atoms with van der Waals surface area (Å²) in [7, 11) is 0. The first-order valence-corrected chi connectivity index (χ1v) is 7.01. The lowest BCUT2D eigenvalue weighted by molar-refractivity contribution is 0.0944. The molecule has 1 rings (SSSR count). The Balaban J connectivity index is 2.84. The minimum absolute atomic E-state index is 0.00283. The summed E-state index contributed by atoms with van der Waals surface area (Å²) in [5.74, 6) is 0.127. The van der Waals surface area contributed by atoms with Crippen molar-refractivity contribution in [2.45, 2.75) is 46.6 Å². The van der Waals surface area contributed by atoms with Gasteiger partial charge in [-0.25, -0.2) is 0 Å². The van der Waals surface area contributed by atoms with E-state index in [1.54, 1.807) is 0 Å². The molecule has 3 nitrogen and oxygen atoms in total. The maximum absolute atomic E-state index is 11.9. The summed E-state index contributed by atoms with van der Waals surface area (Å²) >= 11 is 1.47. The molecule has 0 aliphatic rings. The van der Waals surface area contributed by atoms with Crippen molar-refractivity contribution < 1.29 is 4.79 Å². The Kier molecular flexibility index (Phi) is 5.00. The molecular formula is C13H22N2OS. The van der Waals surface area contributed by atoms with Crippen molar-refractivity contribution in [1.82, 2.24) is 0 Å². The molecule has 0 fully saturated rings. The van der Waals surface area contributed by atoms with E-state index in [4.69, 9.17) is 5.73 Å². The number of carbonyl (C=O) groups excluding carboxylic acids is 1. The monoisotopic (exact) mass is 254 g/mol. The van der Waals surface area contributed by atoms with Crippen LogP contribution in [0.3, 0.4) is 0 Å². The van der Waals surface area contributed by atoms with Gasteiger partial charge in [0.15, 0.2) is 5.78 Å². The summed E-state index contributed by atoms with van der Waals surface area (Å²) in [6, 6.07) is 2.33. The Morgan fingerprint density at radius 2 is 2.00 bits per heavy atom. The number of nitrogens with one attached hydrogen (secondary N) is 1. The summed E-state index contributed by atoms with van der Waals surface area (Å²) in [5.41, 5.74) is 6.49. The first-order chi connectivity index (χ1) is 7.99. The number of hydrogen-bond acceptors (Lipinski definition) is 4. The number of ketones is 1. The van der Waals surface area contributed by atoms with E-state index in [0.717, 1.165) is 17.8 Å². The summed E-state index contributed by atoms with van der Waals surface area (Å²) < 4.78 is 0. The van der Waals surface area contributed by atoms with Gasteiger partial charge >= 0.3 is 0 Å². The summed E-state index contributed by atoms with van der Waals surface area (Å²) in [6.07, 6.45) is 2.14. The predicted molar refractivity (Wildman–Crippen MR) is 75.9 cm³/mol. The lowest BCUT2D eigenvalue weighted by Gasteiger charge is -2.13. The van der Waals surface area contributed by atoms with Gasteiger partial charge in [-0.05, 0) is 18.9 Å². The van der Waals surface area contributed by atoms with Crippen LogP contribution < -0.4 is 11.1 Å². The summed E-state index contributed by atoms with van der Waals surface area (Å²) in [5, 5.41) is 4.42. The molecule has 1 aromatic heterocycles. The van der Waals surface area contributed by atoms with Crippen LogP contribution in [0.2, 0.25) is 0 Å². The molecule has 0 amide bonds. The highest BCUT2D eigenvalue weighted by molar-refractivity contribution is 7.18. The van der Waals surface area contributed by atoms with Crippen LogP contribution in [0.25, 0.3) is 0 Å². The van der Waals surface area contributed by atoms with Crippen molar-refractivity contribution in [1.29, 1.82) is 0 Å². The largest absolute Gasteiger partial charge is 0.397 e. The molecule has 1 heterocycles. The predicted octanol–water partition coefficient (Wildman–Crippen LogP) is 3.77. The van der Waals surface area contributed by atoms with Crippen molar-refractivity contribution in [3.63, 3.8) is 0 Å². The average molecular weight is 254 g/mol. The van der Waals surface area contributed by atoms with Gasteiger partial charge in [0, 0.05) is 12.0 Å². The molecule has 0 saturated carbocycles. The van der Waals surface area contributed by atoms with Gasteiger partial charge in [-0.15, -0.1) is 11.3 Å². The van der Waals surface area contributed by atoms with E-state index in [-0.39, 0.29) is 11.7 Å². The molecule has 0 aliphatic carbocycles. The van der Waals surface area contributed by atoms with Crippen molar-refractivity contribution in [2.24, 2.45) is 5.92 Å². The maximum Gasteiger partial charge on any atom is 0.177 e. The lowest BCUT2D eigenvalue weighted by atomic mass is 10.1. The van der Waals surface area contributed by atoms with E-state index in [2.05, 4.69) is 19.2 Å². The topological polar surface area (TPSA) is 55.1 Å². The zero-order valence-electron chi connectivity index (χ0n) is 11.0. The van der Waals surface area contributed by atoms with E-state index < -0.39 is 0 Å². The molecule has 0 radical (unpaired) electrons. The number of nitrogen functional groups attached to an aromatic ring is 1. The second-order valence-electron chi connectivity index (χ2n) is 4.57. The smallest absolute Gasteiger partial charge is 0.177 e. The van der Waals surface area contributed by atoms with Crippen LogP contribution in [0, 0.1) is 5.92 Å². The van der Waals surface area contributed by atoms with Crippen LogP contribution in [0.4, 0.5) is 10.7 Å². The first kappa shape index (κ1) is 14.0. The fraction of sp³-hybridized carbons (Fsp3) is 0.615. The van der Waals surface area contributed by atoms with Crippen LogP contribution in [-0.2, 0) is 0 Å². The van der Waals surface area contributed by atoms with Crippen LogP contribution in [-0.4, -0.2) is 11.8 Å². The molecule has 0 spiro atoms. The highest BCUT2D eigenvalue weighted by atomic mass is 32.1. The molecule has 3 N–H and O–H groups in total. The molecule has 0 aromatic carbocycles. The fourth-order valence-electron chi connectivity index (χ4n) is 1.62. The molecule has 0 atom stereocenters. The second kappa shape index (κ2) is 6.05. The zero-order valence-corrected chi connectivity index (χ0v) is 11.9. The number of anilines is 2. The maximum atomic E-state index is 11.9. The van der Waals surface area contributed by atoms with Gasteiger partial charge in [-0.2, -0.15) is 0 Å². The van der Waals surface area contributed by atoms with Gasteiger partial charge in [0.25, 0.3) is 0 Å². The molecule has 17 heavy (non-hydrogen) atoms. The number of rotatable bonds is 6. The SMILES string of the molecule is CCC(CC)Nc1cc(N)c(C(=O)C(C)C)s1. The fourth-order valence-corrected chi connectivity index (χ4v) is 2.77. The highest BCUT2D eigenvalue weighted by Crippen LogP contribution is 2.32. The second-order valence-corrected chi connectivity index (χ2v) is 5.62. The summed E-state index contributed by atoms with van der Waals surface area (Å²) in [6.45, 7) is 8.10. The van der Waals surface area contributed by atoms with Crippen molar-refractivity contribution in [2.75, 3.05) is 11.1 Å². The normalized spacial score (nSPS) is 11.2. The third kappa shape index (κ3) is 3.46. The van der Waals surface area contributed by atoms with E-state index in [1.807, 2.05) is 19.9 Å². The number of nitrogens with two attached hydrogens (primary N) is 1. The number of carbonyl (C=O) groups is 1. The van der Waals surface area contributed by atoms with E-state index in [9.17, 15) is 4.79 Å². The standard InChI is InChI=1S/C13H22N2OS/c1-5-9(6-2)15-11-7-10(14)13(17-11)12(16)8(3)4/h7-9,15H,5-6,14H2,1-4H3. The third-order valence-corrected chi connectivity index (χ3v) is 3.94. The number of thiophene rings is 1. The molecule has 0 bridgehead atoms. The van der Waals surface area contributed by atoms with Gasteiger partial charge in [-0.1, -0.05) is 27.7 Å². The van der Waals surface area contributed by atoms with E-state index in [1.165, 1.54) is 11.3 Å². The molecule has 0 saturated heterocycles. The third-order valence-electron chi connectivity index (χ3n) is 2.84. The molecule has 1 aromatic rings. The molecule has 0 unspecified atom stereocenters. The number of Topliss-reactive ketones (excluding diaryl/α,β-unsaturated/α-hetero) is 1. The van der Waals surface area contributed by atoms with Crippen LogP contribution in [0.5, 0.6) is 0 Å². The Morgan fingerprint density at radius 3 is 2.47 bits per heavy atom. The van der Waals surface area contributed by atoms with Crippen LogP contribution in [0.15, 0.2) is 6.07 Å². The van der Waals surface area contributed by atoms with Crippen molar-refractivity contribution in [3.05, 3.63) is 10.9 Å². The molecular weight excluding hydrogens is 232 g/mol. The first-order valence-electron chi connectivity index (χ1n) is 6.19. The summed E-state index contributed by atoms with van der Waals surface area (Å²) in [4.78, 5) is 12.6. The van der Waals surface area contributed by atoms with Gasteiger partial charge in [0.2, 0.25) is 0 Å². The minimum Gasteiger partial charge on any atom is -0.397 e.